The summed E-state index contributed by atoms with van der Waals surface area (Å²) in [4.78, 5) is 50.9. The monoisotopic (exact) mass is 448 g/mol. The molecule has 0 aromatic heterocycles. The standard InChI is InChI=1S/C23H36N4O5/c1-2-32-19-6-4-3-5-17(19)25-23(31)24-12-14-7-8-15-13-27(22(30)16(15)11-14)18-9-10-20(28)26-21(18)29/h14-19H,2-13H2,1H3,(H2,24,25,31)(H,26,28,29). The van der Waals surface area contributed by atoms with Crippen LogP contribution < -0.4 is 16.0 Å². The molecule has 0 spiro atoms. The van der Waals surface area contributed by atoms with Gasteiger partial charge in [-0.2, -0.15) is 0 Å². The van der Waals surface area contributed by atoms with Crippen molar-refractivity contribution in [2.24, 2.45) is 17.8 Å². The van der Waals surface area contributed by atoms with Gasteiger partial charge in [-0.25, -0.2) is 4.79 Å². The van der Waals surface area contributed by atoms with Crippen LogP contribution in [0.2, 0.25) is 0 Å². The van der Waals surface area contributed by atoms with Crippen molar-refractivity contribution in [1.29, 1.82) is 0 Å². The van der Waals surface area contributed by atoms with Gasteiger partial charge in [0, 0.05) is 32.0 Å². The fourth-order valence-electron chi connectivity index (χ4n) is 5.97. The molecule has 0 aromatic carbocycles. The Morgan fingerprint density at radius 2 is 1.94 bits per heavy atom. The van der Waals surface area contributed by atoms with E-state index in [2.05, 4.69) is 16.0 Å². The van der Waals surface area contributed by atoms with Crippen molar-refractivity contribution in [2.75, 3.05) is 19.7 Å². The van der Waals surface area contributed by atoms with Gasteiger partial charge in [0.2, 0.25) is 17.7 Å². The second-order valence-corrected chi connectivity index (χ2v) is 9.74. The molecule has 3 N–H and O–H groups in total. The van der Waals surface area contributed by atoms with Crippen molar-refractivity contribution in [3.63, 3.8) is 0 Å². The van der Waals surface area contributed by atoms with Gasteiger partial charge in [0.05, 0.1) is 12.1 Å². The maximum atomic E-state index is 13.1. The van der Waals surface area contributed by atoms with Gasteiger partial charge >= 0.3 is 6.03 Å². The Morgan fingerprint density at radius 3 is 2.72 bits per heavy atom. The number of nitrogens with zero attached hydrogens (tertiary/aromatic N) is 1. The first-order chi connectivity index (χ1) is 15.5. The van der Waals surface area contributed by atoms with Crippen LogP contribution in [0.25, 0.3) is 0 Å². The molecule has 2 saturated carbocycles. The molecule has 178 valence electrons. The molecule has 4 aliphatic rings. The Morgan fingerprint density at radius 1 is 1.12 bits per heavy atom. The fourth-order valence-corrected chi connectivity index (χ4v) is 5.97. The van der Waals surface area contributed by atoms with Crippen LogP contribution in [-0.2, 0) is 19.1 Å². The van der Waals surface area contributed by atoms with Crippen molar-refractivity contribution in [1.82, 2.24) is 20.9 Å². The molecule has 6 atom stereocenters. The Bertz CT molecular complexity index is 742. The summed E-state index contributed by atoms with van der Waals surface area (Å²) in [7, 11) is 0. The number of ether oxygens (including phenoxy) is 1. The Hall–Kier alpha value is -2.16. The van der Waals surface area contributed by atoms with Crippen LogP contribution in [0.15, 0.2) is 0 Å². The third kappa shape index (κ3) is 5.08. The average molecular weight is 449 g/mol. The molecule has 2 aliphatic carbocycles. The van der Waals surface area contributed by atoms with E-state index in [1.54, 1.807) is 4.90 Å². The summed E-state index contributed by atoms with van der Waals surface area (Å²) in [5, 5.41) is 8.46. The molecule has 4 fully saturated rings. The molecule has 0 radical (unpaired) electrons. The van der Waals surface area contributed by atoms with Gasteiger partial charge in [-0.3, -0.25) is 19.7 Å². The number of rotatable bonds is 6. The molecule has 9 nitrogen and oxygen atoms in total. The number of amides is 5. The number of carbonyl (C=O) groups excluding carboxylic acids is 4. The minimum atomic E-state index is -0.526. The normalized spacial score (nSPS) is 35.3. The number of nitrogens with one attached hydrogen (secondary N) is 3. The molecule has 2 aliphatic heterocycles. The van der Waals surface area contributed by atoms with Crippen molar-refractivity contribution in [3.8, 4) is 0 Å². The number of imide groups is 1. The summed E-state index contributed by atoms with van der Waals surface area (Å²) in [6, 6.07) is -0.633. The summed E-state index contributed by atoms with van der Waals surface area (Å²) < 4.78 is 5.79. The van der Waals surface area contributed by atoms with Crippen LogP contribution in [0.5, 0.6) is 0 Å². The summed E-state index contributed by atoms with van der Waals surface area (Å²) in [6.07, 6.45) is 7.55. The van der Waals surface area contributed by atoms with Gasteiger partial charge in [0.15, 0.2) is 0 Å². The summed E-state index contributed by atoms with van der Waals surface area (Å²) in [6.45, 7) is 3.77. The van der Waals surface area contributed by atoms with Crippen molar-refractivity contribution in [3.05, 3.63) is 0 Å². The van der Waals surface area contributed by atoms with E-state index in [4.69, 9.17) is 4.74 Å². The first kappa shape index (κ1) is 23.0. The molecule has 5 amide bonds. The maximum absolute atomic E-state index is 13.1. The largest absolute Gasteiger partial charge is 0.376 e. The molecule has 2 saturated heterocycles. The van der Waals surface area contributed by atoms with E-state index in [0.717, 1.165) is 44.9 Å². The first-order valence-electron chi connectivity index (χ1n) is 12.3. The predicted octanol–water partition coefficient (Wildman–Crippen LogP) is 1.31. The Labute approximate surface area is 189 Å². The number of fused-ring (bicyclic) bond motifs is 1. The predicted molar refractivity (Wildman–Crippen MR) is 116 cm³/mol. The number of likely N-dealkylation sites (tertiary alicyclic amines) is 1. The molecule has 0 bridgehead atoms. The van der Waals surface area contributed by atoms with Crippen molar-refractivity contribution < 1.29 is 23.9 Å². The van der Waals surface area contributed by atoms with E-state index in [1.165, 1.54) is 0 Å². The van der Waals surface area contributed by atoms with Gasteiger partial charge in [-0.15, -0.1) is 0 Å². The van der Waals surface area contributed by atoms with E-state index >= 15 is 0 Å². The molecule has 6 unspecified atom stereocenters. The molecular weight excluding hydrogens is 412 g/mol. The van der Waals surface area contributed by atoms with E-state index in [9.17, 15) is 19.2 Å². The summed E-state index contributed by atoms with van der Waals surface area (Å²) in [5.74, 6) is -0.171. The van der Waals surface area contributed by atoms with Crippen molar-refractivity contribution >= 4 is 23.8 Å². The third-order valence-corrected chi connectivity index (χ3v) is 7.67. The van der Waals surface area contributed by atoms with E-state index in [0.29, 0.717) is 26.1 Å². The average Bonchev–Trinajstić information content (AvgIpc) is 3.10. The lowest BCUT2D eigenvalue weighted by Gasteiger charge is -2.33. The smallest absolute Gasteiger partial charge is 0.315 e. The van der Waals surface area contributed by atoms with E-state index in [-0.39, 0.29) is 60.1 Å². The highest BCUT2D eigenvalue weighted by Gasteiger charge is 2.48. The van der Waals surface area contributed by atoms with Crippen molar-refractivity contribution in [2.45, 2.75) is 82.9 Å². The van der Waals surface area contributed by atoms with Crippen LogP contribution in [0.1, 0.15) is 64.7 Å². The molecule has 2 heterocycles. The number of carbonyl (C=O) groups is 4. The third-order valence-electron chi connectivity index (χ3n) is 7.67. The number of piperidine rings is 1. The minimum absolute atomic E-state index is 0.0282. The van der Waals surface area contributed by atoms with Crippen LogP contribution in [-0.4, -0.2) is 66.5 Å². The van der Waals surface area contributed by atoms with Gasteiger partial charge in [0.25, 0.3) is 0 Å². The van der Waals surface area contributed by atoms with E-state index in [1.807, 2.05) is 6.92 Å². The lowest BCUT2D eigenvalue weighted by Crippen LogP contribution is -2.53. The second kappa shape index (κ2) is 10.2. The zero-order valence-corrected chi connectivity index (χ0v) is 18.9. The van der Waals surface area contributed by atoms with Crippen LogP contribution >= 0.6 is 0 Å². The first-order valence-corrected chi connectivity index (χ1v) is 12.3. The summed E-state index contributed by atoms with van der Waals surface area (Å²) in [5.41, 5.74) is 0. The zero-order valence-electron chi connectivity index (χ0n) is 18.9. The van der Waals surface area contributed by atoms with Crippen LogP contribution in [0, 0.1) is 17.8 Å². The SMILES string of the molecule is CCOC1CCCCC1NC(=O)NCC1CCC2CN(C3CCC(=O)NC3=O)C(=O)C2C1. The molecular formula is C23H36N4O5. The minimum Gasteiger partial charge on any atom is -0.376 e. The zero-order chi connectivity index (χ0) is 22.7. The van der Waals surface area contributed by atoms with Gasteiger partial charge in [0.1, 0.15) is 6.04 Å². The highest BCUT2D eigenvalue weighted by molar-refractivity contribution is 6.02. The Kier molecular flexibility index (Phi) is 7.33. The van der Waals surface area contributed by atoms with Crippen LogP contribution in [0.3, 0.4) is 0 Å². The van der Waals surface area contributed by atoms with E-state index < -0.39 is 6.04 Å². The summed E-state index contributed by atoms with van der Waals surface area (Å²) >= 11 is 0. The van der Waals surface area contributed by atoms with Gasteiger partial charge in [-0.05, 0) is 57.3 Å². The topological polar surface area (TPSA) is 117 Å². The maximum Gasteiger partial charge on any atom is 0.315 e. The fraction of sp³-hybridized carbons (Fsp3) is 0.826. The van der Waals surface area contributed by atoms with Crippen LogP contribution in [0.4, 0.5) is 4.79 Å². The molecule has 32 heavy (non-hydrogen) atoms. The molecule has 0 aromatic rings. The van der Waals surface area contributed by atoms with Gasteiger partial charge in [-0.1, -0.05) is 12.8 Å². The quantitative estimate of drug-likeness (QED) is 0.530. The van der Waals surface area contributed by atoms with Gasteiger partial charge < -0.3 is 20.3 Å². The Balaban J connectivity index is 1.25. The lowest BCUT2D eigenvalue weighted by atomic mass is 9.75. The number of hydrogen-bond acceptors (Lipinski definition) is 5. The molecule has 4 rings (SSSR count). The number of urea groups is 1. The number of hydrogen-bond donors (Lipinski definition) is 3. The highest BCUT2D eigenvalue weighted by Crippen LogP contribution is 2.41. The molecule has 9 heteroatoms. The lowest BCUT2D eigenvalue weighted by molar-refractivity contribution is -0.144. The highest BCUT2D eigenvalue weighted by atomic mass is 16.5. The second-order valence-electron chi connectivity index (χ2n) is 9.74.